The van der Waals surface area contributed by atoms with Crippen LogP contribution in [0.3, 0.4) is 0 Å². The molecule has 10 heteroatoms. The zero-order chi connectivity index (χ0) is 20.1. The van der Waals surface area contributed by atoms with Crippen LogP contribution in [0.15, 0.2) is 26.4 Å². The average molecular weight is 404 g/mol. The van der Waals surface area contributed by atoms with Crippen LogP contribution < -0.4 is 16.0 Å². The molecule has 1 fully saturated rings. The number of nitrogens with zero attached hydrogens (tertiary/aromatic N) is 4. The molecule has 1 atom stereocenters. The van der Waals surface area contributed by atoms with E-state index in [1.807, 2.05) is 6.92 Å². The molecule has 4 rings (SSSR count). The summed E-state index contributed by atoms with van der Waals surface area (Å²) >= 11 is 0. The van der Waals surface area contributed by atoms with Crippen LogP contribution in [-0.2, 0) is 36.3 Å². The first kappa shape index (κ1) is 18.9. The number of nitrogens with two attached hydrogens (primary N) is 1. The van der Waals surface area contributed by atoms with E-state index in [2.05, 4.69) is 14.8 Å². The molecule has 0 radical (unpaired) electrons. The Morgan fingerprint density at radius 3 is 2.82 bits per heavy atom. The first-order valence-electron chi connectivity index (χ1n) is 9.45. The number of hydrogen-bond acceptors (Lipinski definition) is 4. The molecule has 0 aromatic carbocycles. The number of aryl methyl sites for hydroxylation is 1. The third kappa shape index (κ3) is 3.26. The zero-order valence-electron chi connectivity index (χ0n) is 16.0. The van der Waals surface area contributed by atoms with Crippen molar-refractivity contribution >= 4 is 21.6 Å². The number of anilines is 1. The van der Waals surface area contributed by atoms with Crippen LogP contribution >= 0.6 is 0 Å². The molecule has 9 nitrogen and oxygen atoms in total. The molecule has 3 N–H and O–H groups in total. The predicted octanol–water partition coefficient (Wildman–Crippen LogP) is 1.90. The molecule has 2 heterocycles. The van der Waals surface area contributed by atoms with Crippen LogP contribution in [0, 0.1) is 0 Å². The van der Waals surface area contributed by atoms with Gasteiger partial charge in [-0.2, -0.15) is 5.10 Å². The van der Waals surface area contributed by atoms with Crippen LogP contribution in [0.1, 0.15) is 48.9 Å². The molecule has 2 aromatic rings. The van der Waals surface area contributed by atoms with Gasteiger partial charge >= 0.3 is 6.03 Å². The lowest BCUT2D eigenvalue weighted by molar-refractivity contribution is 0.260. The molecule has 150 valence electrons. The highest BCUT2D eigenvalue weighted by molar-refractivity contribution is 7.91. The summed E-state index contributed by atoms with van der Waals surface area (Å²) in [5.41, 5.74) is 3.02. The Balaban J connectivity index is 1.72. The minimum absolute atomic E-state index is 0.0566. The molecule has 0 saturated heterocycles. The van der Waals surface area contributed by atoms with Gasteiger partial charge in [0.1, 0.15) is 0 Å². The number of fused-ring (bicyclic) bond motifs is 1. The van der Waals surface area contributed by atoms with Crippen molar-refractivity contribution in [3.8, 4) is 0 Å². The summed E-state index contributed by atoms with van der Waals surface area (Å²) in [5.74, 6) is 0.155. The van der Waals surface area contributed by atoms with E-state index in [0.29, 0.717) is 17.8 Å². The minimum Gasteiger partial charge on any atom is -0.315 e. The predicted molar refractivity (Wildman–Crippen MR) is 106 cm³/mol. The summed E-state index contributed by atoms with van der Waals surface area (Å²) in [7, 11) is -1.69. The van der Waals surface area contributed by atoms with E-state index >= 15 is 0 Å². The molecule has 2 aliphatic carbocycles. The molecule has 28 heavy (non-hydrogen) atoms. The number of aromatic nitrogens is 3. The normalized spacial score (nSPS) is 17.8. The van der Waals surface area contributed by atoms with Crippen molar-refractivity contribution in [1.29, 1.82) is 0 Å². The molecule has 1 unspecified atom stereocenters. The summed E-state index contributed by atoms with van der Waals surface area (Å²) in [6, 6.07) is 0.677. The van der Waals surface area contributed by atoms with E-state index in [-0.39, 0.29) is 16.5 Å². The van der Waals surface area contributed by atoms with E-state index < -0.39 is 15.9 Å². The first-order chi connectivity index (χ1) is 13.3. The van der Waals surface area contributed by atoms with Crippen molar-refractivity contribution in [2.24, 2.45) is 16.5 Å². The number of hydrogen-bond donors (Lipinski definition) is 2. The fourth-order valence-corrected chi connectivity index (χ4v) is 4.67. The Bertz CT molecular complexity index is 1130. The molecule has 1 saturated carbocycles. The molecule has 2 aliphatic rings. The number of carbonyl (C=O) groups excluding carboxylic acids is 1. The lowest BCUT2D eigenvalue weighted by Crippen LogP contribution is -2.27. The van der Waals surface area contributed by atoms with Gasteiger partial charge in [0, 0.05) is 31.0 Å². The van der Waals surface area contributed by atoms with Crippen molar-refractivity contribution in [3.63, 3.8) is 0 Å². The highest BCUT2D eigenvalue weighted by Gasteiger charge is 2.34. The monoisotopic (exact) mass is 404 g/mol. The van der Waals surface area contributed by atoms with Crippen LogP contribution in [0.4, 0.5) is 10.5 Å². The quantitative estimate of drug-likeness (QED) is 0.807. The number of carbonyl (C=O) groups is 1. The van der Waals surface area contributed by atoms with Gasteiger partial charge in [0.2, 0.25) is 0 Å². The smallest absolute Gasteiger partial charge is 0.315 e. The van der Waals surface area contributed by atoms with Gasteiger partial charge in [-0.3, -0.25) is 9.48 Å². The fraction of sp³-hybridized carbons (Fsp3) is 0.500. The van der Waals surface area contributed by atoms with Crippen molar-refractivity contribution < 1.29 is 9.00 Å². The number of pyridine rings is 1. The van der Waals surface area contributed by atoms with E-state index in [9.17, 15) is 13.8 Å². The summed E-state index contributed by atoms with van der Waals surface area (Å²) in [5, 5.41) is 12.7. The average Bonchev–Trinajstić information content (AvgIpc) is 3.16. The molecular formula is C18H24N6O3S. The molecule has 0 aliphatic heterocycles. The summed E-state index contributed by atoms with van der Waals surface area (Å²) < 4.78 is 19.7. The third-order valence-corrected chi connectivity index (χ3v) is 6.63. The number of nitrogens with one attached hydrogen (secondary N) is 1. The van der Waals surface area contributed by atoms with E-state index in [1.54, 1.807) is 22.5 Å². The third-order valence-electron chi connectivity index (χ3n) is 5.38. The number of amides is 2. The lowest BCUT2D eigenvalue weighted by Gasteiger charge is -2.17. The van der Waals surface area contributed by atoms with Gasteiger partial charge in [0.15, 0.2) is 14.9 Å². The van der Waals surface area contributed by atoms with Gasteiger partial charge in [-0.05, 0) is 56.6 Å². The van der Waals surface area contributed by atoms with Gasteiger partial charge in [0.25, 0.3) is 5.56 Å². The van der Waals surface area contributed by atoms with Crippen molar-refractivity contribution in [2.45, 2.75) is 56.5 Å². The maximum absolute atomic E-state index is 12.8. The molecule has 2 amide bonds. The Hall–Kier alpha value is -2.46. The second-order valence-electron chi connectivity index (χ2n) is 7.31. The second-order valence-corrected chi connectivity index (χ2v) is 9.04. The Labute approximate surface area is 163 Å². The van der Waals surface area contributed by atoms with Gasteiger partial charge in [-0.25, -0.2) is 14.1 Å². The Kier molecular flexibility index (Phi) is 4.62. The highest BCUT2D eigenvalue weighted by Crippen LogP contribution is 2.44. The topological polar surface area (TPSA) is 124 Å². The molecule has 0 bridgehead atoms. The SMILES string of the molecule is CCn1ccc(S(N)(=O)=NC(=O)Nc2c3c(n(C)c(=O)c2C2CC2)CCC3)n1. The molecule has 2 aromatic heterocycles. The van der Waals surface area contributed by atoms with Crippen LogP contribution in [-0.4, -0.2) is 24.6 Å². The van der Waals surface area contributed by atoms with E-state index in [0.717, 1.165) is 43.4 Å². The Morgan fingerprint density at radius 1 is 1.43 bits per heavy atom. The van der Waals surface area contributed by atoms with Crippen molar-refractivity contribution in [3.05, 3.63) is 39.4 Å². The Morgan fingerprint density at radius 2 is 2.18 bits per heavy atom. The highest BCUT2D eigenvalue weighted by atomic mass is 32.2. The number of urea groups is 1. The molecular weight excluding hydrogens is 380 g/mol. The summed E-state index contributed by atoms with van der Waals surface area (Å²) in [6.07, 6.45) is 6.01. The zero-order valence-corrected chi connectivity index (χ0v) is 16.8. The summed E-state index contributed by atoms with van der Waals surface area (Å²) in [4.78, 5) is 25.4. The van der Waals surface area contributed by atoms with Crippen LogP contribution in [0.2, 0.25) is 0 Å². The van der Waals surface area contributed by atoms with Crippen molar-refractivity contribution in [2.75, 3.05) is 5.32 Å². The first-order valence-corrected chi connectivity index (χ1v) is 11.0. The second kappa shape index (κ2) is 6.85. The standard InChI is InChI=1S/C18H24N6O3S/c1-3-24-10-9-14(21-24)28(19,27)22-18(26)20-16-12-5-4-6-13(12)23(2)17(25)15(16)11-7-8-11/h9-11H,3-8H2,1-2H3,(H3,19,20,22,26,27). The van der Waals surface area contributed by atoms with Gasteiger partial charge in [0.05, 0.1) is 5.69 Å². The van der Waals surface area contributed by atoms with E-state index in [1.165, 1.54) is 6.07 Å². The lowest BCUT2D eigenvalue weighted by atomic mass is 10.0. The van der Waals surface area contributed by atoms with Crippen molar-refractivity contribution in [1.82, 2.24) is 14.3 Å². The summed E-state index contributed by atoms with van der Waals surface area (Å²) in [6.45, 7) is 2.47. The van der Waals surface area contributed by atoms with Gasteiger partial charge in [-0.1, -0.05) is 0 Å². The minimum atomic E-state index is -3.47. The largest absolute Gasteiger partial charge is 0.354 e. The molecule has 0 spiro atoms. The van der Waals surface area contributed by atoms with Gasteiger partial charge in [-0.15, -0.1) is 4.36 Å². The van der Waals surface area contributed by atoms with Crippen LogP contribution in [0.25, 0.3) is 0 Å². The maximum Gasteiger partial charge on any atom is 0.354 e. The number of rotatable bonds is 4. The van der Waals surface area contributed by atoms with Gasteiger partial charge < -0.3 is 9.88 Å². The fourth-order valence-electron chi connectivity index (χ4n) is 3.81. The maximum atomic E-state index is 12.8. The van der Waals surface area contributed by atoms with Crippen LogP contribution in [0.5, 0.6) is 0 Å². The van der Waals surface area contributed by atoms with E-state index in [4.69, 9.17) is 5.14 Å².